The number of nitrogens with one attached hydrogen (secondary N) is 1. The van der Waals surface area contributed by atoms with E-state index in [1.54, 1.807) is 41.4 Å². The molecule has 1 aliphatic carbocycles. The molecule has 0 radical (unpaired) electrons. The summed E-state index contributed by atoms with van der Waals surface area (Å²) in [5, 5.41) is 12.4. The summed E-state index contributed by atoms with van der Waals surface area (Å²) in [7, 11) is 0. The number of hydrogen-bond donors (Lipinski definition) is 2. The molecule has 1 fully saturated rings. The Morgan fingerprint density at radius 1 is 1.06 bits per heavy atom. The number of nitrogens with zero attached hydrogens (tertiary/aromatic N) is 2. The van der Waals surface area contributed by atoms with Crippen LogP contribution in [0.3, 0.4) is 0 Å². The molecule has 9 heteroatoms. The zero-order chi connectivity index (χ0) is 24.0. The number of aliphatic carboxylic acids is 1. The molecule has 1 saturated carbocycles. The monoisotopic (exact) mass is 495 g/mol. The molecular formula is C25H19Cl2N3O4. The summed E-state index contributed by atoms with van der Waals surface area (Å²) >= 11 is 12.1. The predicted molar refractivity (Wildman–Crippen MR) is 128 cm³/mol. The zero-order valence-corrected chi connectivity index (χ0v) is 19.3. The largest absolute Gasteiger partial charge is 0.480 e. The Hall–Kier alpha value is -3.42. The summed E-state index contributed by atoms with van der Waals surface area (Å²) in [5.74, 6) is -1.20. The summed E-state index contributed by atoms with van der Waals surface area (Å²) in [4.78, 5) is 43.7. The topological polar surface area (TPSA) is 99.6 Å². The molecule has 0 unspecified atom stereocenters. The van der Waals surface area contributed by atoms with Gasteiger partial charge in [0, 0.05) is 18.2 Å². The van der Waals surface area contributed by atoms with Crippen molar-refractivity contribution in [3.63, 3.8) is 0 Å². The summed E-state index contributed by atoms with van der Waals surface area (Å²) in [6.45, 7) is 0. The maximum absolute atomic E-state index is 13.1. The van der Waals surface area contributed by atoms with Gasteiger partial charge < -0.3 is 10.4 Å². The molecule has 1 aliphatic heterocycles. The number of rotatable bonds is 6. The summed E-state index contributed by atoms with van der Waals surface area (Å²) < 4.78 is 0. The Morgan fingerprint density at radius 2 is 1.74 bits per heavy atom. The number of carbonyl (C=O) groups excluding carboxylic acids is 2. The minimum atomic E-state index is -1.20. The number of hydrogen-bond acceptors (Lipinski definition) is 4. The molecule has 1 spiro atoms. The first-order valence-electron chi connectivity index (χ1n) is 10.7. The first-order chi connectivity index (χ1) is 16.3. The summed E-state index contributed by atoms with van der Waals surface area (Å²) in [6, 6.07) is 14.2. The molecule has 2 aliphatic rings. The summed E-state index contributed by atoms with van der Waals surface area (Å²) in [6.07, 6.45) is 3.33. The Labute approximate surface area is 205 Å². The number of amides is 2. The van der Waals surface area contributed by atoms with Gasteiger partial charge in [-0.05, 0) is 48.7 Å². The third-order valence-corrected chi connectivity index (χ3v) is 6.93. The van der Waals surface area contributed by atoms with E-state index >= 15 is 0 Å². The van der Waals surface area contributed by atoms with Gasteiger partial charge in [-0.1, -0.05) is 47.5 Å². The van der Waals surface area contributed by atoms with Gasteiger partial charge in [0.15, 0.2) is 0 Å². The number of carboxylic acid groups (broad SMARTS) is 1. The molecule has 0 bridgehead atoms. The number of carboxylic acids is 1. The van der Waals surface area contributed by atoms with E-state index in [1.165, 1.54) is 12.1 Å². The van der Waals surface area contributed by atoms with Crippen molar-refractivity contribution in [2.75, 3.05) is 4.90 Å². The highest BCUT2D eigenvalue weighted by Gasteiger charge is 2.60. The molecule has 0 saturated heterocycles. The second-order valence-electron chi connectivity index (χ2n) is 8.43. The number of fused-ring (bicyclic) bond motifs is 2. The molecule has 3 aromatic rings. The van der Waals surface area contributed by atoms with Crippen molar-refractivity contribution < 1.29 is 19.5 Å². The number of aromatic nitrogens is 1. The van der Waals surface area contributed by atoms with Crippen molar-refractivity contribution in [1.29, 1.82) is 0 Å². The van der Waals surface area contributed by atoms with E-state index in [9.17, 15) is 19.5 Å². The molecule has 172 valence electrons. The van der Waals surface area contributed by atoms with E-state index in [-0.39, 0.29) is 27.9 Å². The average molecular weight is 496 g/mol. The molecule has 7 nitrogen and oxygen atoms in total. The Balaban J connectivity index is 1.35. The minimum Gasteiger partial charge on any atom is -0.480 e. The second kappa shape index (κ2) is 8.42. The van der Waals surface area contributed by atoms with Gasteiger partial charge in [-0.2, -0.15) is 0 Å². The molecule has 2 aromatic carbocycles. The molecule has 34 heavy (non-hydrogen) atoms. The van der Waals surface area contributed by atoms with Gasteiger partial charge in [-0.15, -0.1) is 0 Å². The fourth-order valence-electron chi connectivity index (χ4n) is 4.38. The van der Waals surface area contributed by atoms with Crippen LogP contribution >= 0.6 is 23.2 Å². The molecule has 2 amide bonds. The lowest BCUT2D eigenvalue weighted by atomic mass is 10.00. The highest BCUT2D eigenvalue weighted by Crippen LogP contribution is 2.58. The van der Waals surface area contributed by atoms with Gasteiger partial charge in [-0.3, -0.25) is 14.5 Å². The van der Waals surface area contributed by atoms with Gasteiger partial charge in [0.05, 0.1) is 26.7 Å². The van der Waals surface area contributed by atoms with Crippen LogP contribution in [0.5, 0.6) is 0 Å². The van der Waals surface area contributed by atoms with Crippen LogP contribution < -0.4 is 10.2 Å². The van der Waals surface area contributed by atoms with E-state index < -0.39 is 23.3 Å². The molecule has 5 rings (SSSR count). The van der Waals surface area contributed by atoms with Crippen molar-refractivity contribution in [2.24, 2.45) is 0 Å². The van der Waals surface area contributed by atoms with Crippen molar-refractivity contribution in [1.82, 2.24) is 10.3 Å². The van der Waals surface area contributed by atoms with Crippen molar-refractivity contribution in [3.05, 3.63) is 87.5 Å². The minimum absolute atomic E-state index is 0.0150. The normalized spacial score (nSPS) is 16.3. The molecule has 2 N–H and O–H groups in total. The van der Waals surface area contributed by atoms with E-state index in [0.717, 1.165) is 18.4 Å². The van der Waals surface area contributed by atoms with Crippen molar-refractivity contribution in [3.8, 4) is 0 Å². The van der Waals surface area contributed by atoms with Gasteiger partial charge in [-0.25, -0.2) is 9.78 Å². The fourth-order valence-corrected chi connectivity index (χ4v) is 4.95. The highest BCUT2D eigenvalue weighted by atomic mass is 35.5. The van der Waals surface area contributed by atoms with Crippen LogP contribution in [-0.2, 0) is 21.4 Å². The number of pyridine rings is 1. The first kappa shape index (κ1) is 22.4. The van der Waals surface area contributed by atoms with Crippen LogP contribution in [0.4, 0.5) is 11.5 Å². The van der Waals surface area contributed by atoms with Gasteiger partial charge in [0.1, 0.15) is 11.9 Å². The van der Waals surface area contributed by atoms with Gasteiger partial charge >= 0.3 is 5.97 Å². The Bertz CT molecular complexity index is 1300. The van der Waals surface area contributed by atoms with Crippen LogP contribution in [0, 0.1) is 0 Å². The van der Waals surface area contributed by atoms with Crippen LogP contribution in [0.1, 0.15) is 34.3 Å². The number of carbonyl (C=O) groups is 3. The third-order valence-electron chi connectivity index (χ3n) is 6.30. The van der Waals surface area contributed by atoms with E-state index in [2.05, 4.69) is 10.3 Å². The number of benzene rings is 2. The van der Waals surface area contributed by atoms with Crippen LogP contribution in [0.25, 0.3) is 0 Å². The van der Waals surface area contributed by atoms with E-state index in [1.807, 2.05) is 12.1 Å². The summed E-state index contributed by atoms with van der Waals surface area (Å²) in [5.41, 5.74) is 1.86. The lowest BCUT2D eigenvalue weighted by Gasteiger charge is -2.19. The Morgan fingerprint density at radius 3 is 2.35 bits per heavy atom. The highest BCUT2D eigenvalue weighted by molar-refractivity contribution is 6.39. The lowest BCUT2D eigenvalue weighted by Crippen LogP contribution is -2.42. The van der Waals surface area contributed by atoms with E-state index in [4.69, 9.17) is 23.2 Å². The third kappa shape index (κ3) is 3.71. The Kier molecular flexibility index (Phi) is 5.54. The molecule has 2 heterocycles. The van der Waals surface area contributed by atoms with Crippen LogP contribution in [0.15, 0.2) is 60.8 Å². The second-order valence-corrected chi connectivity index (χ2v) is 9.24. The fraction of sp³-hybridized carbons (Fsp3) is 0.200. The smallest absolute Gasteiger partial charge is 0.326 e. The lowest BCUT2D eigenvalue weighted by molar-refractivity contribution is -0.139. The molecular weight excluding hydrogens is 477 g/mol. The zero-order valence-electron chi connectivity index (χ0n) is 17.8. The van der Waals surface area contributed by atoms with Crippen LogP contribution in [-0.4, -0.2) is 33.9 Å². The van der Waals surface area contributed by atoms with Gasteiger partial charge in [0.2, 0.25) is 5.91 Å². The maximum atomic E-state index is 13.1. The van der Waals surface area contributed by atoms with Gasteiger partial charge in [0.25, 0.3) is 5.91 Å². The van der Waals surface area contributed by atoms with E-state index in [0.29, 0.717) is 17.1 Å². The quantitative estimate of drug-likeness (QED) is 0.523. The SMILES string of the molecule is O=C(N[C@@H](Cc1ccc(N2C(=O)C3(CC3)c3cccnc32)cc1)C(=O)O)c1c(Cl)cccc1Cl. The van der Waals surface area contributed by atoms with Crippen molar-refractivity contribution in [2.45, 2.75) is 30.7 Å². The van der Waals surface area contributed by atoms with Crippen LogP contribution in [0.2, 0.25) is 10.0 Å². The predicted octanol–water partition coefficient (Wildman–Crippen LogP) is 4.52. The maximum Gasteiger partial charge on any atom is 0.326 e. The standard InChI is InChI=1S/C25H19Cl2N3O4/c26-17-4-1-5-18(27)20(17)22(31)29-19(23(32)33)13-14-6-8-15(9-7-14)30-21-16(3-2-12-28-21)25(10-11-25)24(30)34/h1-9,12,19H,10-11,13H2,(H,29,31)(H,32,33)/t19-/m0/s1. The van der Waals surface area contributed by atoms with Crippen molar-refractivity contribution >= 4 is 52.5 Å². The average Bonchev–Trinajstić information content (AvgIpc) is 3.57. The number of anilines is 2. The molecule has 1 atom stereocenters. The molecule has 1 aromatic heterocycles. The first-order valence-corrected chi connectivity index (χ1v) is 11.4. The number of halogens is 2.